The third-order valence-corrected chi connectivity index (χ3v) is 6.50. The molecule has 210 valence electrons. The van der Waals surface area contributed by atoms with E-state index in [9.17, 15) is 14.3 Å². The van der Waals surface area contributed by atoms with E-state index < -0.39 is 12.2 Å². The average Bonchev–Trinajstić information content (AvgIpc) is 3.45. The molecular weight excluding hydrogens is 535 g/mol. The lowest BCUT2D eigenvalue weighted by Gasteiger charge is -2.20. The van der Waals surface area contributed by atoms with Gasteiger partial charge in [0, 0.05) is 55.2 Å². The lowest BCUT2D eigenvalue weighted by molar-refractivity contribution is 0.190. The Balaban J connectivity index is 0.00000267. The molecule has 0 aliphatic carbocycles. The first kappa shape index (κ1) is 32.4. The molecule has 0 spiro atoms. The van der Waals surface area contributed by atoms with Crippen molar-refractivity contribution in [2.24, 2.45) is 0 Å². The van der Waals surface area contributed by atoms with Gasteiger partial charge in [-0.2, -0.15) is 27.0 Å². The first-order valence-corrected chi connectivity index (χ1v) is 12.6. The quantitative estimate of drug-likeness (QED) is 0.279. The number of H-pyrrole nitrogens is 1. The van der Waals surface area contributed by atoms with Crippen LogP contribution in [0.25, 0.3) is 0 Å². The van der Waals surface area contributed by atoms with Gasteiger partial charge >= 0.3 is 0 Å². The van der Waals surface area contributed by atoms with Crippen molar-refractivity contribution in [3.8, 4) is 17.6 Å². The Kier molecular flexibility index (Phi) is 13.6. The molecule has 3 atom stereocenters. The van der Waals surface area contributed by atoms with Crippen molar-refractivity contribution in [2.45, 2.75) is 44.3 Å². The van der Waals surface area contributed by atoms with E-state index in [0.717, 1.165) is 42.9 Å². The van der Waals surface area contributed by atoms with Crippen molar-refractivity contribution in [1.29, 1.82) is 0 Å². The summed E-state index contributed by atoms with van der Waals surface area (Å²) >= 11 is 0. The smallest absolute Gasteiger partial charge is 0.293 e. The standard InChI is InChI=1S/C29H33FN4O3.2H2S/c1-20(15-30)31-17-25(14-27-28(35)29(36)34-19-33-27)24-10-8-22(9-11-24)3-2-21-4-6-23(7-5-21)16-32-26-12-13-37-18-26;;/h4-11,19-20,25-26,31-32,35H,12-18H2,1H3,(H,33,34,36);2*1H2/t20-,25?,26-;;/m0../s1. The van der Waals surface area contributed by atoms with Crippen LogP contribution in [0.2, 0.25) is 0 Å². The third kappa shape index (κ3) is 9.71. The minimum absolute atomic E-state index is 0. The third-order valence-electron chi connectivity index (χ3n) is 6.50. The topological polar surface area (TPSA) is 99.3 Å². The summed E-state index contributed by atoms with van der Waals surface area (Å²) in [7, 11) is 0. The Hall–Kier alpha value is -2.81. The molecule has 1 aliphatic heterocycles. The second-order valence-electron chi connectivity index (χ2n) is 9.40. The number of aromatic hydroxyl groups is 1. The molecular formula is C29H37FN4O3S2. The van der Waals surface area contributed by atoms with E-state index in [2.05, 4.69) is 44.6 Å². The molecule has 4 N–H and O–H groups in total. The maximum atomic E-state index is 13.0. The van der Waals surface area contributed by atoms with E-state index in [0.29, 0.717) is 24.7 Å². The molecule has 3 aromatic rings. The summed E-state index contributed by atoms with van der Waals surface area (Å²) in [6.07, 6.45) is 2.67. The summed E-state index contributed by atoms with van der Waals surface area (Å²) in [6, 6.07) is 16.2. The van der Waals surface area contributed by atoms with Gasteiger partial charge in [-0.1, -0.05) is 36.1 Å². The fraction of sp³-hybridized carbons (Fsp3) is 0.379. The fourth-order valence-corrected chi connectivity index (χ4v) is 4.16. The maximum Gasteiger partial charge on any atom is 0.293 e. The molecule has 1 aromatic heterocycles. The van der Waals surface area contributed by atoms with Crippen LogP contribution in [-0.4, -0.2) is 53.6 Å². The number of halogens is 1. The van der Waals surface area contributed by atoms with Crippen LogP contribution in [0.1, 0.15) is 47.2 Å². The fourth-order valence-electron chi connectivity index (χ4n) is 4.16. The zero-order valence-corrected chi connectivity index (χ0v) is 24.0. The highest BCUT2D eigenvalue weighted by molar-refractivity contribution is 7.59. The molecule has 10 heteroatoms. The summed E-state index contributed by atoms with van der Waals surface area (Å²) in [6.45, 7) is 4.18. The van der Waals surface area contributed by atoms with Gasteiger partial charge in [-0.15, -0.1) is 0 Å². The largest absolute Gasteiger partial charge is 0.502 e. The molecule has 39 heavy (non-hydrogen) atoms. The van der Waals surface area contributed by atoms with Crippen LogP contribution in [0.3, 0.4) is 0 Å². The molecule has 0 radical (unpaired) electrons. The SMILES string of the molecule is C[C@@H](CF)NCC(Cc1nc[nH]c(=O)c1O)c1ccc(C#Cc2ccc(CN[C@H]3CCOC3)cc2)cc1.S.S. The van der Waals surface area contributed by atoms with Crippen LogP contribution >= 0.6 is 27.0 Å². The van der Waals surface area contributed by atoms with E-state index in [4.69, 9.17) is 4.74 Å². The summed E-state index contributed by atoms with van der Waals surface area (Å²) in [5.74, 6) is 5.91. The lowest BCUT2D eigenvalue weighted by Crippen LogP contribution is -2.32. The number of aromatic amines is 1. The van der Waals surface area contributed by atoms with Gasteiger partial charge in [-0.25, -0.2) is 9.37 Å². The van der Waals surface area contributed by atoms with Gasteiger partial charge < -0.3 is 25.5 Å². The number of rotatable bonds is 10. The van der Waals surface area contributed by atoms with Crippen molar-refractivity contribution in [1.82, 2.24) is 20.6 Å². The van der Waals surface area contributed by atoms with Crippen LogP contribution in [0.15, 0.2) is 59.7 Å². The zero-order chi connectivity index (χ0) is 26.0. The summed E-state index contributed by atoms with van der Waals surface area (Å²) in [5, 5.41) is 16.8. The highest BCUT2D eigenvalue weighted by Crippen LogP contribution is 2.23. The summed E-state index contributed by atoms with van der Waals surface area (Å²) in [5.41, 5.74) is 3.74. The van der Waals surface area contributed by atoms with Crippen molar-refractivity contribution in [3.63, 3.8) is 0 Å². The first-order chi connectivity index (χ1) is 18.0. The van der Waals surface area contributed by atoms with Gasteiger partial charge in [0.05, 0.1) is 18.6 Å². The van der Waals surface area contributed by atoms with Gasteiger partial charge in [-0.05, 0) is 48.7 Å². The predicted octanol–water partition coefficient (Wildman–Crippen LogP) is 3.25. The van der Waals surface area contributed by atoms with Crippen LogP contribution in [0, 0.1) is 11.8 Å². The molecule has 4 rings (SSSR count). The number of nitrogens with zero attached hydrogens (tertiary/aromatic N) is 1. The highest BCUT2D eigenvalue weighted by atomic mass is 32.1. The molecule has 0 bridgehead atoms. The molecule has 2 heterocycles. The van der Waals surface area contributed by atoms with Gasteiger partial charge in [0.25, 0.3) is 5.56 Å². The molecule has 0 saturated carbocycles. The van der Waals surface area contributed by atoms with Gasteiger partial charge in [0.2, 0.25) is 5.75 Å². The minimum atomic E-state index is -0.577. The zero-order valence-electron chi connectivity index (χ0n) is 22.0. The Morgan fingerprint density at radius 2 is 1.79 bits per heavy atom. The van der Waals surface area contributed by atoms with Crippen LogP contribution in [-0.2, 0) is 17.7 Å². The monoisotopic (exact) mass is 572 g/mol. The average molecular weight is 573 g/mol. The highest BCUT2D eigenvalue weighted by Gasteiger charge is 2.18. The molecule has 7 nitrogen and oxygen atoms in total. The molecule has 1 aliphatic rings. The van der Waals surface area contributed by atoms with Crippen LogP contribution in [0.5, 0.6) is 5.75 Å². The predicted molar refractivity (Wildman–Crippen MR) is 162 cm³/mol. The first-order valence-electron chi connectivity index (χ1n) is 12.6. The Morgan fingerprint density at radius 3 is 2.41 bits per heavy atom. The number of alkyl halides is 1. The van der Waals surface area contributed by atoms with Crippen molar-refractivity contribution in [2.75, 3.05) is 26.4 Å². The van der Waals surface area contributed by atoms with Crippen molar-refractivity contribution < 1.29 is 14.2 Å². The molecule has 2 aromatic carbocycles. The Morgan fingerprint density at radius 1 is 1.13 bits per heavy atom. The van der Waals surface area contributed by atoms with Crippen molar-refractivity contribution >= 4 is 27.0 Å². The molecule has 0 amide bonds. The van der Waals surface area contributed by atoms with E-state index in [1.807, 2.05) is 36.4 Å². The van der Waals surface area contributed by atoms with Gasteiger partial charge in [-0.3, -0.25) is 4.79 Å². The minimum Gasteiger partial charge on any atom is -0.502 e. The van der Waals surface area contributed by atoms with Crippen LogP contribution in [0.4, 0.5) is 4.39 Å². The number of nitrogens with one attached hydrogen (secondary N) is 3. The Bertz CT molecular complexity index is 1270. The molecule has 1 saturated heterocycles. The number of hydrogen-bond acceptors (Lipinski definition) is 6. The maximum absolute atomic E-state index is 13.0. The normalized spacial score (nSPS) is 15.8. The summed E-state index contributed by atoms with van der Waals surface area (Å²) in [4.78, 5) is 18.3. The van der Waals surface area contributed by atoms with E-state index in [-0.39, 0.29) is 44.7 Å². The van der Waals surface area contributed by atoms with Gasteiger partial charge in [0.1, 0.15) is 6.67 Å². The number of benzene rings is 2. The van der Waals surface area contributed by atoms with Gasteiger partial charge in [0.15, 0.2) is 0 Å². The van der Waals surface area contributed by atoms with Crippen molar-refractivity contribution in [3.05, 3.63) is 93.2 Å². The molecule has 1 unspecified atom stereocenters. The number of aromatic nitrogens is 2. The molecule has 1 fully saturated rings. The van der Waals surface area contributed by atoms with E-state index in [1.54, 1.807) is 6.92 Å². The van der Waals surface area contributed by atoms with E-state index in [1.165, 1.54) is 11.9 Å². The second-order valence-corrected chi connectivity index (χ2v) is 9.40. The number of ether oxygens (including phenoxy) is 1. The second kappa shape index (κ2) is 16.3. The lowest BCUT2D eigenvalue weighted by atomic mass is 9.92. The number of hydrogen-bond donors (Lipinski definition) is 4. The van der Waals surface area contributed by atoms with Crippen LogP contribution < -0.4 is 16.2 Å². The Labute approximate surface area is 242 Å². The summed E-state index contributed by atoms with van der Waals surface area (Å²) < 4.78 is 18.4. The van der Waals surface area contributed by atoms with E-state index >= 15 is 0 Å².